The summed E-state index contributed by atoms with van der Waals surface area (Å²) in [4.78, 5) is 12.2. The number of carbonyl (C=O) groups excluding carboxylic acids is 1. The molecule has 2 rings (SSSR count). The predicted octanol–water partition coefficient (Wildman–Crippen LogP) is 1.85. The highest BCUT2D eigenvalue weighted by molar-refractivity contribution is 5.95. The molecule has 1 amide bonds. The smallest absolute Gasteiger partial charge is 0.251 e. The Labute approximate surface area is 123 Å². The molecule has 0 spiro atoms. The molecular formula is C15H19N3O3. The fraction of sp³-hybridized carbons (Fsp3) is 0.333. The molecule has 21 heavy (non-hydrogen) atoms. The molecule has 1 aromatic carbocycles. The van der Waals surface area contributed by atoms with Gasteiger partial charge < -0.3 is 14.8 Å². The van der Waals surface area contributed by atoms with Crippen LogP contribution in [0, 0.1) is 0 Å². The summed E-state index contributed by atoms with van der Waals surface area (Å²) in [6.45, 7) is 3.20. The molecule has 0 aliphatic rings. The molecule has 6 heteroatoms. The molecule has 1 N–H and O–H groups in total. The van der Waals surface area contributed by atoms with E-state index in [0.717, 1.165) is 12.2 Å². The number of methoxy groups -OCH3 is 2. The van der Waals surface area contributed by atoms with Crippen molar-refractivity contribution in [2.24, 2.45) is 0 Å². The Hall–Kier alpha value is -2.50. The molecule has 6 nitrogen and oxygen atoms in total. The van der Waals surface area contributed by atoms with E-state index < -0.39 is 0 Å². The normalized spacial score (nSPS) is 10.2. The summed E-state index contributed by atoms with van der Waals surface area (Å²) in [5, 5.41) is 7.14. The first kappa shape index (κ1) is 14.9. The lowest BCUT2D eigenvalue weighted by atomic mass is 10.2. The third kappa shape index (κ3) is 3.75. The molecule has 0 saturated heterocycles. The van der Waals surface area contributed by atoms with Crippen LogP contribution < -0.4 is 14.8 Å². The first-order valence-corrected chi connectivity index (χ1v) is 6.70. The lowest BCUT2D eigenvalue weighted by Gasteiger charge is -2.08. The van der Waals surface area contributed by atoms with E-state index in [4.69, 9.17) is 9.47 Å². The van der Waals surface area contributed by atoms with Gasteiger partial charge in [-0.1, -0.05) is 0 Å². The molecule has 0 unspecified atom stereocenters. The topological polar surface area (TPSA) is 65.4 Å². The van der Waals surface area contributed by atoms with Crippen LogP contribution in [0.5, 0.6) is 11.5 Å². The largest absolute Gasteiger partial charge is 0.497 e. The Balaban J connectivity index is 2.05. The van der Waals surface area contributed by atoms with Crippen molar-refractivity contribution in [3.05, 3.63) is 41.7 Å². The maximum absolute atomic E-state index is 12.2. The van der Waals surface area contributed by atoms with Crippen molar-refractivity contribution >= 4 is 5.91 Å². The first-order chi connectivity index (χ1) is 10.2. The molecule has 0 bridgehead atoms. The predicted molar refractivity (Wildman–Crippen MR) is 78.6 cm³/mol. The second-order valence-electron chi connectivity index (χ2n) is 4.45. The van der Waals surface area contributed by atoms with Crippen LogP contribution in [0.3, 0.4) is 0 Å². The quantitative estimate of drug-likeness (QED) is 0.881. The molecule has 0 fully saturated rings. The van der Waals surface area contributed by atoms with Gasteiger partial charge in [0, 0.05) is 24.4 Å². The molecule has 0 atom stereocenters. The zero-order valence-corrected chi connectivity index (χ0v) is 12.4. The van der Waals surface area contributed by atoms with Gasteiger partial charge in [0.15, 0.2) is 0 Å². The van der Waals surface area contributed by atoms with Gasteiger partial charge in [-0.25, -0.2) is 0 Å². The third-order valence-corrected chi connectivity index (χ3v) is 3.06. The van der Waals surface area contributed by atoms with Gasteiger partial charge >= 0.3 is 0 Å². The maximum Gasteiger partial charge on any atom is 0.251 e. The minimum absolute atomic E-state index is 0.196. The number of hydrogen-bond donors (Lipinski definition) is 1. The average Bonchev–Trinajstić information content (AvgIpc) is 3.00. The van der Waals surface area contributed by atoms with E-state index in [9.17, 15) is 4.79 Å². The van der Waals surface area contributed by atoms with Gasteiger partial charge in [-0.05, 0) is 25.1 Å². The SMILES string of the molecule is CCn1ccc(CNC(=O)c2cc(OC)cc(OC)c2)n1. The second kappa shape index (κ2) is 6.78. The van der Waals surface area contributed by atoms with E-state index in [1.54, 1.807) is 32.4 Å². The molecule has 2 aromatic rings. The fourth-order valence-corrected chi connectivity index (χ4v) is 1.89. The summed E-state index contributed by atoms with van der Waals surface area (Å²) in [6, 6.07) is 6.95. The summed E-state index contributed by atoms with van der Waals surface area (Å²) >= 11 is 0. The van der Waals surface area contributed by atoms with Gasteiger partial charge in [0.05, 0.1) is 26.5 Å². The second-order valence-corrected chi connectivity index (χ2v) is 4.45. The van der Waals surface area contributed by atoms with Crippen molar-refractivity contribution in [2.75, 3.05) is 14.2 Å². The molecule has 1 aromatic heterocycles. The van der Waals surface area contributed by atoms with Crippen LogP contribution in [0.4, 0.5) is 0 Å². The number of carbonyl (C=O) groups is 1. The van der Waals surface area contributed by atoms with Crippen molar-refractivity contribution in [2.45, 2.75) is 20.0 Å². The van der Waals surface area contributed by atoms with E-state index >= 15 is 0 Å². The summed E-state index contributed by atoms with van der Waals surface area (Å²) in [6.07, 6.45) is 1.88. The number of ether oxygens (including phenoxy) is 2. The number of aromatic nitrogens is 2. The van der Waals surface area contributed by atoms with Crippen molar-refractivity contribution in [3.8, 4) is 11.5 Å². The van der Waals surface area contributed by atoms with Crippen LogP contribution >= 0.6 is 0 Å². The Morgan fingerprint density at radius 2 is 1.90 bits per heavy atom. The van der Waals surface area contributed by atoms with Crippen molar-refractivity contribution in [1.82, 2.24) is 15.1 Å². The number of aryl methyl sites for hydroxylation is 1. The molecule has 0 aliphatic carbocycles. The first-order valence-electron chi connectivity index (χ1n) is 6.70. The highest BCUT2D eigenvalue weighted by atomic mass is 16.5. The van der Waals surface area contributed by atoms with E-state index in [-0.39, 0.29) is 5.91 Å². The van der Waals surface area contributed by atoms with E-state index in [2.05, 4.69) is 10.4 Å². The summed E-state index contributed by atoms with van der Waals surface area (Å²) in [7, 11) is 3.10. The molecule has 0 radical (unpaired) electrons. The Morgan fingerprint density at radius 1 is 1.24 bits per heavy atom. The van der Waals surface area contributed by atoms with Gasteiger partial charge in [0.25, 0.3) is 5.91 Å². The van der Waals surface area contributed by atoms with E-state index in [0.29, 0.717) is 23.6 Å². The van der Waals surface area contributed by atoms with Crippen LogP contribution in [-0.2, 0) is 13.1 Å². The highest BCUT2D eigenvalue weighted by Gasteiger charge is 2.10. The van der Waals surface area contributed by atoms with Crippen molar-refractivity contribution < 1.29 is 14.3 Å². The van der Waals surface area contributed by atoms with E-state index in [1.165, 1.54) is 0 Å². The van der Waals surface area contributed by atoms with Crippen LogP contribution in [0.2, 0.25) is 0 Å². The van der Waals surface area contributed by atoms with Gasteiger partial charge in [-0.15, -0.1) is 0 Å². The minimum Gasteiger partial charge on any atom is -0.497 e. The monoisotopic (exact) mass is 289 g/mol. The third-order valence-electron chi connectivity index (χ3n) is 3.06. The Kier molecular flexibility index (Phi) is 4.81. The number of hydrogen-bond acceptors (Lipinski definition) is 4. The summed E-state index contributed by atoms with van der Waals surface area (Å²) in [5.41, 5.74) is 1.31. The molecule has 112 valence electrons. The van der Waals surface area contributed by atoms with Gasteiger partial charge in [0.2, 0.25) is 0 Å². The number of benzene rings is 1. The minimum atomic E-state index is -0.196. The molecular weight excluding hydrogens is 270 g/mol. The highest BCUT2D eigenvalue weighted by Crippen LogP contribution is 2.22. The van der Waals surface area contributed by atoms with Crippen LogP contribution in [0.15, 0.2) is 30.5 Å². The molecule has 0 aliphatic heterocycles. The zero-order valence-electron chi connectivity index (χ0n) is 12.4. The number of nitrogens with zero attached hydrogens (tertiary/aromatic N) is 2. The zero-order chi connectivity index (χ0) is 15.2. The molecule has 1 heterocycles. The average molecular weight is 289 g/mol. The fourth-order valence-electron chi connectivity index (χ4n) is 1.89. The number of nitrogens with one attached hydrogen (secondary N) is 1. The van der Waals surface area contributed by atoms with E-state index in [1.807, 2.05) is 23.9 Å². The standard InChI is InChI=1S/C15H19N3O3/c1-4-18-6-5-12(17-18)10-16-15(19)11-7-13(20-2)9-14(8-11)21-3/h5-9H,4,10H2,1-3H3,(H,16,19). The van der Waals surface area contributed by atoms with Crippen molar-refractivity contribution in [3.63, 3.8) is 0 Å². The van der Waals surface area contributed by atoms with Crippen molar-refractivity contribution in [1.29, 1.82) is 0 Å². The lowest BCUT2D eigenvalue weighted by molar-refractivity contribution is 0.0949. The van der Waals surface area contributed by atoms with Gasteiger partial charge in [-0.3, -0.25) is 9.48 Å². The van der Waals surface area contributed by atoms with Crippen LogP contribution in [-0.4, -0.2) is 29.9 Å². The lowest BCUT2D eigenvalue weighted by Crippen LogP contribution is -2.23. The van der Waals surface area contributed by atoms with Gasteiger partial charge in [0.1, 0.15) is 11.5 Å². The molecule has 0 saturated carbocycles. The van der Waals surface area contributed by atoms with Crippen LogP contribution in [0.1, 0.15) is 23.0 Å². The van der Waals surface area contributed by atoms with Gasteiger partial charge in [-0.2, -0.15) is 5.10 Å². The summed E-state index contributed by atoms with van der Waals surface area (Å²) in [5.74, 6) is 0.961. The maximum atomic E-state index is 12.2. The number of rotatable bonds is 6. The summed E-state index contributed by atoms with van der Waals surface area (Å²) < 4.78 is 12.1. The number of amides is 1. The Bertz CT molecular complexity index is 600. The van der Waals surface area contributed by atoms with Crippen LogP contribution in [0.25, 0.3) is 0 Å². The Morgan fingerprint density at radius 3 is 2.43 bits per heavy atom.